The van der Waals surface area contributed by atoms with Crippen LogP contribution in [0.5, 0.6) is 0 Å². The van der Waals surface area contributed by atoms with E-state index in [9.17, 15) is 14.7 Å². The summed E-state index contributed by atoms with van der Waals surface area (Å²) in [5, 5.41) is 9.55. The number of ether oxygens (including phenoxy) is 1. The molecular weight excluding hydrogens is 282 g/mol. The summed E-state index contributed by atoms with van der Waals surface area (Å²) in [4.78, 5) is 26.2. The molecule has 3 heterocycles. The fourth-order valence-corrected chi connectivity index (χ4v) is 4.16. The van der Waals surface area contributed by atoms with Gasteiger partial charge in [-0.15, -0.1) is 0 Å². The lowest BCUT2D eigenvalue weighted by molar-refractivity contribution is -0.151. The molecule has 1 amide bonds. The van der Waals surface area contributed by atoms with E-state index in [0.29, 0.717) is 13.1 Å². The summed E-state index contributed by atoms with van der Waals surface area (Å²) in [6, 6.07) is 9.71. The number of carbonyl (C=O) groups excluding carboxylic acids is 1. The number of hydrogen-bond acceptors (Lipinski definition) is 3. The van der Waals surface area contributed by atoms with Crippen molar-refractivity contribution < 1.29 is 19.4 Å². The number of hydrogen-bond donors (Lipinski definition) is 1. The second-order valence-electron chi connectivity index (χ2n) is 6.55. The number of carbonyl (C=O) groups is 2. The van der Waals surface area contributed by atoms with Crippen LogP contribution in [0.15, 0.2) is 42.5 Å². The van der Waals surface area contributed by atoms with Crippen molar-refractivity contribution >= 4 is 11.9 Å². The number of aliphatic carboxylic acids is 1. The SMILES string of the molecule is C[C@]12C=C[C@]3(CN(Cc4ccccc4)C(=O)[C@@H]3[C@@H]1C(=O)O)O2. The maximum absolute atomic E-state index is 12.8. The molecule has 5 nitrogen and oxygen atoms in total. The van der Waals surface area contributed by atoms with E-state index in [1.807, 2.05) is 42.5 Å². The van der Waals surface area contributed by atoms with Crippen LogP contribution < -0.4 is 0 Å². The van der Waals surface area contributed by atoms with Crippen molar-refractivity contribution in [1.29, 1.82) is 0 Å². The van der Waals surface area contributed by atoms with Gasteiger partial charge in [-0.05, 0) is 12.5 Å². The molecular formula is C17H17NO4. The van der Waals surface area contributed by atoms with Gasteiger partial charge in [0.25, 0.3) is 0 Å². The second-order valence-corrected chi connectivity index (χ2v) is 6.55. The topological polar surface area (TPSA) is 66.8 Å². The van der Waals surface area contributed by atoms with E-state index in [-0.39, 0.29) is 5.91 Å². The van der Waals surface area contributed by atoms with Gasteiger partial charge in [-0.2, -0.15) is 0 Å². The van der Waals surface area contributed by atoms with Crippen LogP contribution >= 0.6 is 0 Å². The van der Waals surface area contributed by atoms with Gasteiger partial charge in [0.05, 0.1) is 18.1 Å². The monoisotopic (exact) mass is 299 g/mol. The van der Waals surface area contributed by atoms with Crippen LogP contribution in [0.1, 0.15) is 12.5 Å². The smallest absolute Gasteiger partial charge is 0.310 e. The zero-order valence-corrected chi connectivity index (χ0v) is 12.2. The zero-order valence-electron chi connectivity index (χ0n) is 12.2. The Morgan fingerprint density at radius 2 is 2.09 bits per heavy atom. The van der Waals surface area contributed by atoms with Crippen molar-refractivity contribution in [3.8, 4) is 0 Å². The number of carboxylic acid groups (broad SMARTS) is 1. The van der Waals surface area contributed by atoms with Gasteiger partial charge in [0.1, 0.15) is 11.5 Å². The summed E-state index contributed by atoms with van der Waals surface area (Å²) in [6.07, 6.45) is 3.70. The average molecular weight is 299 g/mol. The van der Waals surface area contributed by atoms with Crippen molar-refractivity contribution in [3.63, 3.8) is 0 Å². The van der Waals surface area contributed by atoms with Crippen LogP contribution in [0, 0.1) is 11.8 Å². The number of rotatable bonds is 3. The van der Waals surface area contributed by atoms with Gasteiger partial charge in [-0.1, -0.05) is 42.5 Å². The van der Waals surface area contributed by atoms with Gasteiger partial charge < -0.3 is 14.7 Å². The summed E-state index contributed by atoms with van der Waals surface area (Å²) >= 11 is 0. The molecule has 0 saturated carbocycles. The molecule has 22 heavy (non-hydrogen) atoms. The molecule has 1 N–H and O–H groups in total. The normalized spacial score (nSPS) is 38.6. The molecule has 2 bridgehead atoms. The van der Waals surface area contributed by atoms with Gasteiger partial charge >= 0.3 is 5.97 Å². The largest absolute Gasteiger partial charge is 0.481 e. The van der Waals surface area contributed by atoms with E-state index in [0.717, 1.165) is 5.56 Å². The van der Waals surface area contributed by atoms with Gasteiger partial charge in [0, 0.05) is 6.54 Å². The van der Waals surface area contributed by atoms with Crippen LogP contribution in [0.2, 0.25) is 0 Å². The predicted octanol–water partition coefficient (Wildman–Crippen LogP) is 1.44. The van der Waals surface area contributed by atoms with E-state index in [2.05, 4.69) is 0 Å². The second kappa shape index (κ2) is 4.20. The average Bonchev–Trinajstić information content (AvgIpc) is 3.03. The Hall–Kier alpha value is -2.14. The van der Waals surface area contributed by atoms with Crippen molar-refractivity contribution in [3.05, 3.63) is 48.0 Å². The third kappa shape index (κ3) is 1.63. The Morgan fingerprint density at radius 3 is 2.77 bits per heavy atom. The maximum atomic E-state index is 12.8. The van der Waals surface area contributed by atoms with Gasteiger partial charge in [-0.25, -0.2) is 0 Å². The van der Waals surface area contributed by atoms with Gasteiger partial charge in [-0.3, -0.25) is 9.59 Å². The molecule has 3 aliphatic rings. The fourth-order valence-electron chi connectivity index (χ4n) is 4.16. The minimum atomic E-state index is -0.964. The van der Waals surface area contributed by atoms with Crippen molar-refractivity contribution in [2.45, 2.75) is 24.7 Å². The third-order valence-electron chi connectivity index (χ3n) is 5.08. The first-order chi connectivity index (χ1) is 10.5. The van der Waals surface area contributed by atoms with E-state index in [4.69, 9.17) is 4.74 Å². The Bertz CT molecular complexity index is 685. The summed E-state index contributed by atoms with van der Waals surface area (Å²) in [7, 11) is 0. The molecule has 0 aliphatic carbocycles. The van der Waals surface area contributed by atoms with Crippen LogP contribution in [0.3, 0.4) is 0 Å². The first-order valence-corrected chi connectivity index (χ1v) is 7.41. The minimum absolute atomic E-state index is 0.121. The van der Waals surface area contributed by atoms with E-state index >= 15 is 0 Å². The summed E-state index contributed by atoms with van der Waals surface area (Å²) in [6.45, 7) is 2.66. The molecule has 2 saturated heterocycles. The number of fused-ring (bicyclic) bond motifs is 1. The molecule has 4 atom stereocenters. The van der Waals surface area contributed by atoms with Crippen molar-refractivity contribution in [1.82, 2.24) is 4.90 Å². The summed E-state index contributed by atoms with van der Waals surface area (Å²) < 4.78 is 6.03. The van der Waals surface area contributed by atoms with Crippen LogP contribution in [0.25, 0.3) is 0 Å². The predicted molar refractivity (Wildman–Crippen MR) is 77.8 cm³/mol. The Kier molecular flexibility index (Phi) is 2.58. The number of amides is 1. The number of nitrogens with zero attached hydrogens (tertiary/aromatic N) is 1. The van der Waals surface area contributed by atoms with Crippen molar-refractivity contribution in [2.24, 2.45) is 11.8 Å². The molecule has 3 aliphatic heterocycles. The van der Waals surface area contributed by atoms with Crippen LogP contribution in [-0.2, 0) is 20.9 Å². The highest BCUT2D eigenvalue weighted by Crippen LogP contribution is 2.57. The molecule has 114 valence electrons. The fraction of sp³-hybridized carbons (Fsp3) is 0.412. The minimum Gasteiger partial charge on any atom is -0.481 e. The number of benzene rings is 1. The number of likely N-dealkylation sites (tertiary alicyclic amines) is 1. The number of carboxylic acids is 1. The Labute approximate surface area is 128 Å². The molecule has 1 spiro atoms. The maximum Gasteiger partial charge on any atom is 0.310 e. The quantitative estimate of drug-likeness (QED) is 0.858. The lowest BCUT2D eigenvalue weighted by atomic mass is 9.72. The molecule has 1 aromatic carbocycles. The molecule has 5 heteroatoms. The molecule has 0 unspecified atom stereocenters. The third-order valence-corrected chi connectivity index (χ3v) is 5.08. The Morgan fingerprint density at radius 1 is 1.36 bits per heavy atom. The van der Waals surface area contributed by atoms with E-state index in [1.54, 1.807) is 11.8 Å². The van der Waals surface area contributed by atoms with E-state index < -0.39 is 29.0 Å². The van der Waals surface area contributed by atoms with Crippen LogP contribution in [-0.4, -0.2) is 39.6 Å². The first kappa shape index (κ1) is 13.5. The standard InChI is InChI=1S/C17H17NO4/c1-16-7-8-17(22-16)10-18(9-11-5-3-2-4-6-11)14(19)12(17)13(16)15(20)21/h2-8,12-13H,9-10H2,1H3,(H,20,21)/t12-,13+,16-,17+/m0/s1. The Balaban J connectivity index is 1.66. The lowest BCUT2D eigenvalue weighted by Crippen LogP contribution is -2.43. The van der Waals surface area contributed by atoms with Crippen molar-refractivity contribution in [2.75, 3.05) is 6.54 Å². The lowest BCUT2D eigenvalue weighted by Gasteiger charge is -2.27. The van der Waals surface area contributed by atoms with E-state index in [1.165, 1.54) is 0 Å². The molecule has 0 radical (unpaired) electrons. The van der Waals surface area contributed by atoms with Gasteiger partial charge in [0.2, 0.25) is 5.91 Å². The highest BCUT2D eigenvalue weighted by atomic mass is 16.5. The highest BCUT2D eigenvalue weighted by molar-refractivity contribution is 5.91. The molecule has 0 aromatic heterocycles. The molecule has 2 fully saturated rings. The summed E-state index contributed by atoms with van der Waals surface area (Å²) in [5.74, 6) is -2.52. The zero-order chi connectivity index (χ0) is 15.5. The highest BCUT2D eigenvalue weighted by Gasteiger charge is 2.71. The first-order valence-electron chi connectivity index (χ1n) is 7.41. The van der Waals surface area contributed by atoms with Crippen LogP contribution in [0.4, 0.5) is 0 Å². The van der Waals surface area contributed by atoms with Gasteiger partial charge in [0.15, 0.2) is 0 Å². The summed E-state index contributed by atoms with van der Waals surface area (Å²) in [5.41, 5.74) is -0.613. The molecule has 1 aromatic rings. The molecule has 4 rings (SSSR count).